The lowest BCUT2D eigenvalue weighted by Crippen LogP contribution is -2.29. The van der Waals surface area contributed by atoms with Crippen molar-refractivity contribution >= 4 is 27.5 Å². The zero-order chi connectivity index (χ0) is 13.6. The quantitative estimate of drug-likeness (QED) is 0.346. The lowest BCUT2D eigenvalue weighted by Gasteiger charge is -2.04. The van der Waals surface area contributed by atoms with E-state index >= 15 is 0 Å². The van der Waals surface area contributed by atoms with Gasteiger partial charge in [-0.1, -0.05) is 12.1 Å². The zero-order valence-electron chi connectivity index (χ0n) is 10.0. The van der Waals surface area contributed by atoms with Crippen LogP contribution >= 0.6 is 11.8 Å². The molecule has 18 heavy (non-hydrogen) atoms. The molecule has 100 valence electrons. The largest absolute Gasteiger partial charge is 0.290 e. The van der Waals surface area contributed by atoms with E-state index in [1.807, 2.05) is 6.07 Å². The van der Waals surface area contributed by atoms with Crippen molar-refractivity contribution in [3.8, 4) is 0 Å². The third kappa shape index (κ3) is 5.52. The van der Waals surface area contributed by atoms with E-state index in [4.69, 9.17) is 5.84 Å². The Morgan fingerprint density at radius 1 is 1.44 bits per heavy atom. The molecule has 1 rings (SSSR count). The zero-order valence-corrected chi connectivity index (χ0v) is 11.7. The molecule has 3 N–H and O–H groups in total. The highest BCUT2D eigenvalue weighted by Crippen LogP contribution is 2.14. The van der Waals surface area contributed by atoms with E-state index in [1.54, 1.807) is 18.2 Å². The summed E-state index contributed by atoms with van der Waals surface area (Å²) in [6.07, 6.45) is 1.22. The van der Waals surface area contributed by atoms with E-state index in [1.165, 1.54) is 18.0 Å². The van der Waals surface area contributed by atoms with Gasteiger partial charge in [-0.05, 0) is 17.7 Å². The first-order valence-electron chi connectivity index (χ1n) is 5.28. The molecular formula is C11H16N2O3S2. The summed E-state index contributed by atoms with van der Waals surface area (Å²) in [5.41, 5.74) is 3.54. The summed E-state index contributed by atoms with van der Waals surface area (Å²) in [4.78, 5) is 11.3. The highest BCUT2D eigenvalue weighted by Gasteiger charge is 2.05. The summed E-state index contributed by atoms with van der Waals surface area (Å²) < 4.78 is 21.9. The predicted molar refractivity (Wildman–Crippen MR) is 74.0 cm³/mol. The van der Waals surface area contributed by atoms with Crippen molar-refractivity contribution in [2.75, 3.05) is 17.8 Å². The summed E-state index contributed by atoms with van der Waals surface area (Å²) in [7, 11) is -2.91. The van der Waals surface area contributed by atoms with Gasteiger partial charge in [0.25, 0.3) is 5.91 Å². The number of nitrogen functional groups attached to an aromatic ring is 1. The maximum absolute atomic E-state index is 11.3. The minimum atomic E-state index is -2.91. The minimum Gasteiger partial charge on any atom is -0.290 e. The Kier molecular flexibility index (Phi) is 5.64. The van der Waals surface area contributed by atoms with E-state index in [2.05, 4.69) is 5.43 Å². The van der Waals surface area contributed by atoms with Crippen LogP contribution in [0.2, 0.25) is 0 Å². The number of nitrogens with one attached hydrogen (secondary N) is 1. The molecule has 0 bridgehead atoms. The Hall–Kier alpha value is -1.05. The summed E-state index contributed by atoms with van der Waals surface area (Å²) in [5, 5.41) is 0. The minimum absolute atomic E-state index is 0.167. The van der Waals surface area contributed by atoms with E-state index in [0.29, 0.717) is 17.1 Å². The second kappa shape index (κ2) is 6.77. The van der Waals surface area contributed by atoms with Gasteiger partial charge in [-0.2, -0.15) is 11.8 Å². The van der Waals surface area contributed by atoms with E-state index in [9.17, 15) is 13.2 Å². The van der Waals surface area contributed by atoms with Crippen LogP contribution in [0.3, 0.4) is 0 Å². The average molecular weight is 288 g/mol. The number of benzene rings is 1. The van der Waals surface area contributed by atoms with Crippen LogP contribution in [0.15, 0.2) is 24.3 Å². The second-order valence-corrected chi connectivity index (χ2v) is 7.22. The number of hydrogen-bond acceptors (Lipinski definition) is 5. The van der Waals surface area contributed by atoms with Crippen LogP contribution < -0.4 is 11.3 Å². The first kappa shape index (κ1) is 15.0. The molecule has 0 aromatic heterocycles. The highest BCUT2D eigenvalue weighted by molar-refractivity contribution is 7.99. The van der Waals surface area contributed by atoms with Gasteiger partial charge < -0.3 is 0 Å². The molecule has 0 spiro atoms. The smallest absolute Gasteiger partial charge is 0.265 e. The van der Waals surface area contributed by atoms with Crippen LogP contribution in [0.1, 0.15) is 15.9 Å². The first-order chi connectivity index (χ1) is 8.42. The van der Waals surface area contributed by atoms with Crippen molar-refractivity contribution in [3.05, 3.63) is 35.4 Å². The monoisotopic (exact) mass is 288 g/mol. The lowest BCUT2D eigenvalue weighted by atomic mass is 10.1. The van der Waals surface area contributed by atoms with Gasteiger partial charge in [0, 0.05) is 23.3 Å². The van der Waals surface area contributed by atoms with Crippen LogP contribution in [-0.2, 0) is 15.6 Å². The fourth-order valence-electron chi connectivity index (χ4n) is 1.29. The van der Waals surface area contributed by atoms with Crippen LogP contribution in [0, 0.1) is 0 Å². The summed E-state index contributed by atoms with van der Waals surface area (Å²) in [6, 6.07) is 7.08. The standard InChI is InChI=1S/C11H16N2O3S2/c1-18(15,16)6-5-17-8-9-3-2-4-10(7-9)11(14)13-12/h2-4,7H,5-6,8,12H2,1H3,(H,13,14). The second-order valence-electron chi connectivity index (χ2n) is 3.86. The van der Waals surface area contributed by atoms with Crippen molar-refractivity contribution in [2.45, 2.75) is 5.75 Å². The van der Waals surface area contributed by atoms with Gasteiger partial charge >= 0.3 is 0 Å². The maximum Gasteiger partial charge on any atom is 0.265 e. The third-order valence-corrected chi connectivity index (χ3v) is 4.42. The van der Waals surface area contributed by atoms with Crippen molar-refractivity contribution in [1.29, 1.82) is 0 Å². The van der Waals surface area contributed by atoms with Gasteiger partial charge in [0.15, 0.2) is 0 Å². The van der Waals surface area contributed by atoms with Gasteiger partial charge in [-0.25, -0.2) is 14.3 Å². The lowest BCUT2D eigenvalue weighted by molar-refractivity contribution is 0.0953. The Morgan fingerprint density at radius 3 is 2.78 bits per heavy atom. The molecule has 0 atom stereocenters. The summed E-state index contributed by atoms with van der Waals surface area (Å²) in [6.45, 7) is 0. The van der Waals surface area contributed by atoms with Crippen LogP contribution in [-0.4, -0.2) is 32.1 Å². The average Bonchev–Trinajstić information content (AvgIpc) is 2.33. The van der Waals surface area contributed by atoms with Crippen molar-refractivity contribution in [2.24, 2.45) is 5.84 Å². The van der Waals surface area contributed by atoms with Crippen molar-refractivity contribution in [1.82, 2.24) is 5.43 Å². The molecular weight excluding hydrogens is 272 g/mol. The van der Waals surface area contributed by atoms with Crippen LogP contribution in [0.5, 0.6) is 0 Å². The summed E-state index contributed by atoms with van der Waals surface area (Å²) >= 11 is 1.52. The number of hydrogen-bond donors (Lipinski definition) is 2. The Labute approximate surface area is 111 Å². The third-order valence-electron chi connectivity index (χ3n) is 2.19. The van der Waals surface area contributed by atoms with Crippen LogP contribution in [0.4, 0.5) is 0 Å². The van der Waals surface area contributed by atoms with Gasteiger partial charge in [-0.3, -0.25) is 10.2 Å². The number of carbonyl (C=O) groups is 1. The SMILES string of the molecule is CS(=O)(=O)CCSCc1cccc(C(=O)NN)c1. The predicted octanol–water partition coefficient (Wildman–Crippen LogP) is 0.568. The number of carbonyl (C=O) groups excluding carboxylic acids is 1. The van der Waals surface area contributed by atoms with Gasteiger partial charge in [0.1, 0.15) is 9.84 Å². The molecule has 7 heteroatoms. The number of hydrazine groups is 1. The normalized spacial score (nSPS) is 11.2. The topological polar surface area (TPSA) is 89.3 Å². The summed E-state index contributed by atoms with van der Waals surface area (Å²) in [5.74, 6) is 6.10. The Bertz CT molecular complexity index is 515. The molecule has 0 saturated heterocycles. The maximum atomic E-state index is 11.3. The molecule has 0 aliphatic rings. The van der Waals surface area contributed by atoms with Crippen molar-refractivity contribution < 1.29 is 13.2 Å². The van der Waals surface area contributed by atoms with E-state index < -0.39 is 9.84 Å². The molecule has 1 amide bonds. The number of thioether (sulfide) groups is 1. The Morgan fingerprint density at radius 2 is 2.17 bits per heavy atom. The molecule has 1 aromatic rings. The highest BCUT2D eigenvalue weighted by atomic mass is 32.2. The van der Waals surface area contributed by atoms with Gasteiger partial charge in [0.05, 0.1) is 5.75 Å². The molecule has 0 fully saturated rings. The number of rotatable bonds is 6. The van der Waals surface area contributed by atoms with Gasteiger partial charge in [0.2, 0.25) is 0 Å². The fraction of sp³-hybridized carbons (Fsp3) is 0.364. The Balaban J connectivity index is 2.50. The van der Waals surface area contributed by atoms with Crippen LogP contribution in [0.25, 0.3) is 0 Å². The number of nitrogens with two attached hydrogens (primary N) is 1. The molecule has 1 aromatic carbocycles. The first-order valence-corrected chi connectivity index (χ1v) is 8.49. The molecule has 5 nitrogen and oxygen atoms in total. The van der Waals surface area contributed by atoms with Gasteiger partial charge in [-0.15, -0.1) is 0 Å². The molecule has 0 radical (unpaired) electrons. The molecule has 0 unspecified atom stereocenters. The molecule has 0 heterocycles. The molecule has 0 saturated carbocycles. The molecule has 0 aliphatic carbocycles. The van der Waals surface area contributed by atoms with E-state index in [0.717, 1.165) is 5.56 Å². The molecule has 0 aliphatic heterocycles. The fourth-order valence-corrected chi connectivity index (χ4v) is 3.53. The van der Waals surface area contributed by atoms with Crippen molar-refractivity contribution in [3.63, 3.8) is 0 Å². The number of amides is 1. The number of sulfone groups is 1. The van der Waals surface area contributed by atoms with E-state index in [-0.39, 0.29) is 11.7 Å².